The molecule has 0 amide bonds. The van der Waals surface area contributed by atoms with Gasteiger partial charge >= 0.3 is 0 Å². The molecule has 0 aliphatic heterocycles. The summed E-state index contributed by atoms with van der Waals surface area (Å²) >= 11 is 0. The van der Waals surface area contributed by atoms with E-state index in [1.165, 1.54) is 64.3 Å². The van der Waals surface area contributed by atoms with E-state index in [0.717, 1.165) is 12.5 Å². The summed E-state index contributed by atoms with van der Waals surface area (Å²) in [4.78, 5) is 0. The van der Waals surface area contributed by atoms with Gasteiger partial charge in [-0.1, -0.05) is 23.6 Å². The van der Waals surface area contributed by atoms with Gasteiger partial charge in [-0.2, -0.15) is 0 Å². The topological polar surface area (TPSA) is 12.0 Å². The van der Waals surface area contributed by atoms with E-state index < -0.39 is 0 Å². The fraction of sp³-hybridized carbons (Fsp3) is 0.750. The van der Waals surface area contributed by atoms with E-state index in [-0.39, 0.29) is 0 Å². The van der Waals surface area contributed by atoms with Crippen LogP contribution in [0.3, 0.4) is 0 Å². The van der Waals surface area contributed by atoms with E-state index in [1.54, 1.807) is 16.7 Å². The molecular weight excluding hydrogens is 206 g/mol. The molecule has 1 fully saturated rings. The van der Waals surface area contributed by atoms with Crippen molar-refractivity contribution in [2.24, 2.45) is 5.92 Å². The molecule has 3 aliphatic carbocycles. The molecule has 1 heteroatoms. The second-order valence-electron chi connectivity index (χ2n) is 6.07. The van der Waals surface area contributed by atoms with E-state index >= 15 is 0 Å². The minimum Gasteiger partial charge on any atom is -0.313 e. The van der Waals surface area contributed by atoms with Crippen molar-refractivity contribution in [1.29, 1.82) is 0 Å². The molecule has 3 rings (SSSR count). The van der Waals surface area contributed by atoms with Crippen molar-refractivity contribution in [2.45, 2.75) is 57.8 Å². The van der Waals surface area contributed by atoms with Crippen LogP contribution in [0.5, 0.6) is 0 Å². The fourth-order valence-corrected chi connectivity index (χ4v) is 3.35. The molecule has 0 radical (unpaired) electrons. The van der Waals surface area contributed by atoms with Crippen LogP contribution in [-0.4, -0.2) is 13.1 Å². The van der Waals surface area contributed by atoms with Gasteiger partial charge < -0.3 is 5.32 Å². The predicted molar refractivity (Wildman–Crippen MR) is 73.0 cm³/mol. The maximum Gasteiger partial charge on any atom is 0.0168 e. The number of hydrogen-bond donors (Lipinski definition) is 1. The van der Waals surface area contributed by atoms with E-state index in [1.807, 2.05) is 0 Å². The lowest BCUT2D eigenvalue weighted by molar-refractivity contribution is 0.304. The summed E-state index contributed by atoms with van der Waals surface area (Å²) in [6, 6.07) is 0. The van der Waals surface area contributed by atoms with Gasteiger partial charge in [0.25, 0.3) is 0 Å². The van der Waals surface area contributed by atoms with Crippen LogP contribution in [0.25, 0.3) is 0 Å². The van der Waals surface area contributed by atoms with Crippen molar-refractivity contribution in [3.05, 3.63) is 22.8 Å². The molecule has 0 aromatic rings. The number of rotatable bonds is 4. The quantitative estimate of drug-likeness (QED) is 0.772. The third kappa shape index (κ3) is 2.82. The SMILES string of the molecule is C1=C(CNCC2CCC2)CCC2=C1CCCC2. The Kier molecular flexibility index (Phi) is 3.65. The van der Waals surface area contributed by atoms with E-state index in [4.69, 9.17) is 0 Å². The molecule has 94 valence electrons. The van der Waals surface area contributed by atoms with Gasteiger partial charge in [-0.25, -0.2) is 0 Å². The fourth-order valence-electron chi connectivity index (χ4n) is 3.35. The van der Waals surface area contributed by atoms with Crippen LogP contribution < -0.4 is 5.32 Å². The molecule has 3 aliphatic rings. The molecule has 0 bridgehead atoms. The highest BCUT2D eigenvalue weighted by Crippen LogP contribution is 2.34. The van der Waals surface area contributed by atoms with Gasteiger partial charge in [-0.3, -0.25) is 0 Å². The van der Waals surface area contributed by atoms with Gasteiger partial charge in [0.05, 0.1) is 0 Å². The predicted octanol–water partition coefficient (Wildman–Crippen LogP) is 3.97. The Labute approximate surface area is 105 Å². The molecule has 1 nitrogen and oxygen atoms in total. The summed E-state index contributed by atoms with van der Waals surface area (Å²) in [5.41, 5.74) is 5.13. The summed E-state index contributed by atoms with van der Waals surface area (Å²) in [6.45, 7) is 2.40. The van der Waals surface area contributed by atoms with Crippen molar-refractivity contribution in [3.8, 4) is 0 Å². The second-order valence-corrected chi connectivity index (χ2v) is 6.07. The van der Waals surface area contributed by atoms with Gasteiger partial charge in [0.2, 0.25) is 0 Å². The summed E-state index contributed by atoms with van der Waals surface area (Å²) in [5, 5.41) is 3.66. The molecule has 0 heterocycles. The number of hydrogen-bond acceptors (Lipinski definition) is 1. The lowest BCUT2D eigenvalue weighted by Crippen LogP contribution is -2.29. The molecule has 0 aromatic carbocycles. The Hall–Kier alpha value is -0.560. The maximum atomic E-state index is 3.66. The number of allylic oxidation sites excluding steroid dienone is 3. The van der Waals surface area contributed by atoms with Crippen molar-refractivity contribution in [1.82, 2.24) is 5.32 Å². The van der Waals surface area contributed by atoms with Gasteiger partial charge in [-0.15, -0.1) is 0 Å². The highest BCUT2D eigenvalue weighted by Gasteiger charge is 2.18. The Bertz CT molecular complexity index is 333. The van der Waals surface area contributed by atoms with Crippen LogP contribution in [-0.2, 0) is 0 Å². The standard InChI is InChI=1S/C16H25N/c1-2-7-16-10-14(8-9-15(16)6-1)12-17-11-13-4-3-5-13/h10,13,17H,1-9,11-12H2. The average molecular weight is 231 g/mol. The smallest absolute Gasteiger partial charge is 0.0168 e. The van der Waals surface area contributed by atoms with Gasteiger partial charge in [0, 0.05) is 6.54 Å². The molecule has 0 aromatic heterocycles. The summed E-state index contributed by atoms with van der Waals surface area (Å²) in [6.07, 6.45) is 15.2. The van der Waals surface area contributed by atoms with Crippen molar-refractivity contribution >= 4 is 0 Å². The Morgan fingerprint density at radius 1 is 1.00 bits per heavy atom. The largest absolute Gasteiger partial charge is 0.313 e. The summed E-state index contributed by atoms with van der Waals surface area (Å²) in [5.74, 6) is 0.989. The first-order chi connectivity index (χ1) is 8.42. The van der Waals surface area contributed by atoms with E-state index in [2.05, 4.69) is 11.4 Å². The Balaban J connectivity index is 1.49. The second kappa shape index (κ2) is 5.39. The molecule has 0 spiro atoms. The van der Waals surface area contributed by atoms with Gasteiger partial charge in [0.15, 0.2) is 0 Å². The van der Waals surface area contributed by atoms with Crippen molar-refractivity contribution in [3.63, 3.8) is 0 Å². The van der Waals surface area contributed by atoms with Gasteiger partial charge in [0.1, 0.15) is 0 Å². The molecule has 1 saturated carbocycles. The Morgan fingerprint density at radius 2 is 1.88 bits per heavy atom. The molecule has 0 atom stereocenters. The lowest BCUT2D eigenvalue weighted by Gasteiger charge is -2.27. The zero-order valence-electron chi connectivity index (χ0n) is 10.9. The van der Waals surface area contributed by atoms with Crippen LogP contribution in [0.4, 0.5) is 0 Å². The van der Waals surface area contributed by atoms with E-state index in [0.29, 0.717) is 0 Å². The average Bonchev–Trinajstić information content (AvgIpc) is 2.32. The van der Waals surface area contributed by atoms with Crippen LogP contribution in [0.1, 0.15) is 57.8 Å². The summed E-state index contributed by atoms with van der Waals surface area (Å²) < 4.78 is 0. The van der Waals surface area contributed by atoms with Crippen LogP contribution in [0, 0.1) is 5.92 Å². The molecular formula is C16H25N. The first-order valence-electron chi connectivity index (χ1n) is 7.53. The molecule has 0 unspecified atom stereocenters. The minimum absolute atomic E-state index is 0.989. The first-order valence-corrected chi connectivity index (χ1v) is 7.53. The van der Waals surface area contributed by atoms with Crippen molar-refractivity contribution < 1.29 is 0 Å². The molecule has 0 saturated heterocycles. The Morgan fingerprint density at radius 3 is 2.71 bits per heavy atom. The van der Waals surface area contributed by atoms with Crippen LogP contribution in [0.2, 0.25) is 0 Å². The third-order valence-electron chi connectivity index (χ3n) is 4.76. The summed E-state index contributed by atoms with van der Waals surface area (Å²) in [7, 11) is 0. The van der Waals surface area contributed by atoms with Crippen molar-refractivity contribution in [2.75, 3.05) is 13.1 Å². The molecule has 17 heavy (non-hydrogen) atoms. The zero-order valence-corrected chi connectivity index (χ0v) is 10.9. The monoisotopic (exact) mass is 231 g/mol. The zero-order chi connectivity index (χ0) is 11.5. The third-order valence-corrected chi connectivity index (χ3v) is 4.76. The number of nitrogens with one attached hydrogen (secondary N) is 1. The van der Waals surface area contributed by atoms with Crippen LogP contribution in [0.15, 0.2) is 22.8 Å². The maximum absolute atomic E-state index is 3.66. The molecule has 1 N–H and O–H groups in total. The van der Waals surface area contributed by atoms with E-state index in [9.17, 15) is 0 Å². The highest BCUT2D eigenvalue weighted by atomic mass is 14.9. The lowest BCUT2D eigenvalue weighted by atomic mass is 9.83. The highest BCUT2D eigenvalue weighted by molar-refractivity contribution is 5.35. The minimum atomic E-state index is 0.989. The van der Waals surface area contributed by atoms with Gasteiger partial charge in [-0.05, 0) is 69.4 Å². The first kappa shape index (κ1) is 11.5. The van der Waals surface area contributed by atoms with Crippen LogP contribution >= 0.6 is 0 Å². The normalized spacial score (nSPS) is 25.3.